The SMILES string of the molecule is NC=C(C=Nc1nc2ccccc2s1)C(=O)N=O. The summed E-state index contributed by atoms with van der Waals surface area (Å²) in [5, 5.41) is 2.75. The highest BCUT2D eigenvalue weighted by molar-refractivity contribution is 7.22. The average molecular weight is 260 g/mol. The molecule has 90 valence electrons. The Hall–Kier alpha value is -2.41. The lowest BCUT2D eigenvalue weighted by Gasteiger charge is -1.88. The van der Waals surface area contributed by atoms with Crippen molar-refractivity contribution in [2.24, 2.45) is 15.9 Å². The topological polar surface area (TPSA) is 97.8 Å². The second kappa shape index (κ2) is 5.28. The first-order valence-corrected chi connectivity index (χ1v) is 5.75. The minimum atomic E-state index is -0.956. The van der Waals surface area contributed by atoms with Crippen LogP contribution in [0.2, 0.25) is 0 Å². The molecular formula is C11H8N4O2S. The van der Waals surface area contributed by atoms with Crippen LogP contribution in [0.1, 0.15) is 0 Å². The molecule has 0 aliphatic rings. The van der Waals surface area contributed by atoms with Crippen molar-refractivity contribution in [1.82, 2.24) is 4.98 Å². The molecule has 0 spiro atoms. The monoisotopic (exact) mass is 260 g/mol. The molecule has 0 bridgehead atoms. The molecule has 7 heteroatoms. The number of nitrogens with zero attached hydrogens (tertiary/aromatic N) is 3. The predicted octanol–water partition coefficient (Wildman–Crippen LogP) is 2.13. The summed E-state index contributed by atoms with van der Waals surface area (Å²) in [7, 11) is 0. The highest BCUT2D eigenvalue weighted by Crippen LogP contribution is 2.27. The fraction of sp³-hybridized carbons (Fsp3) is 0. The van der Waals surface area contributed by atoms with Crippen LogP contribution < -0.4 is 5.73 Å². The number of para-hydroxylation sites is 1. The third kappa shape index (κ3) is 2.46. The Labute approximate surface area is 106 Å². The molecule has 1 heterocycles. The number of carbonyl (C=O) groups excluding carboxylic acids is 1. The van der Waals surface area contributed by atoms with Gasteiger partial charge in [-0.3, -0.25) is 4.79 Å². The van der Waals surface area contributed by atoms with Crippen molar-refractivity contribution >= 4 is 38.8 Å². The normalized spacial score (nSPS) is 12.1. The number of fused-ring (bicyclic) bond motifs is 1. The van der Waals surface area contributed by atoms with Gasteiger partial charge in [-0.05, 0) is 12.1 Å². The van der Waals surface area contributed by atoms with Crippen LogP contribution in [0, 0.1) is 4.91 Å². The predicted molar refractivity (Wildman–Crippen MR) is 70.8 cm³/mol. The molecule has 0 saturated heterocycles. The van der Waals surface area contributed by atoms with Crippen LogP contribution in [0.5, 0.6) is 0 Å². The van der Waals surface area contributed by atoms with E-state index >= 15 is 0 Å². The van der Waals surface area contributed by atoms with E-state index in [1.807, 2.05) is 24.3 Å². The molecule has 1 aromatic carbocycles. The molecule has 1 aromatic heterocycles. The minimum absolute atomic E-state index is 0.0655. The molecule has 1 amide bonds. The summed E-state index contributed by atoms with van der Waals surface area (Å²) in [6.45, 7) is 0. The lowest BCUT2D eigenvalue weighted by atomic mass is 10.3. The Morgan fingerprint density at radius 3 is 2.83 bits per heavy atom. The highest BCUT2D eigenvalue weighted by atomic mass is 32.1. The number of thiazole rings is 1. The maximum atomic E-state index is 11.0. The first-order chi connectivity index (χ1) is 8.74. The van der Waals surface area contributed by atoms with Gasteiger partial charge < -0.3 is 5.73 Å². The smallest absolute Gasteiger partial charge is 0.319 e. The molecule has 0 fully saturated rings. The summed E-state index contributed by atoms with van der Waals surface area (Å²) in [5.74, 6) is -0.956. The number of benzene rings is 1. The molecule has 0 atom stereocenters. The number of aromatic nitrogens is 1. The standard InChI is InChI=1S/C11H8N4O2S/c12-5-7(10(16)15-17)6-13-11-14-8-3-1-2-4-9(8)18-11/h1-6H,12H2. The largest absolute Gasteiger partial charge is 0.404 e. The van der Waals surface area contributed by atoms with Crippen LogP contribution in [-0.4, -0.2) is 17.1 Å². The Kier molecular flexibility index (Phi) is 3.54. The number of carbonyl (C=O) groups is 1. The van der Waals surface area contributed by atoms with E-state index in [9.17, 15) is 9.70 Å². The molecule has 0 aliphatic heterocycles. The van der Waals surface area contributed by atoms with Crippen molar-refractivity contribution in [2.45, 2.75) is 0 Å². The van der Waals surface area contributed by atoms with Gasteiger partial charge in [0.15, 0.2) is 0 Å². The summed E-state index contributed by atoms with van der Waals surface area (Å²) >= 11 is 1.37. The molecule has 0 radical (unpaired) electrons. The zero-order chi connectivity index (χ0) is 13.0. The van der Waals surface area contributed by atoms with Gasteiger partial charge in [-0.25, -0.2) is 9.98 Å². The first kappa shape index (κ1) is 12.1. The van der Waals surface area contributed by atoms with E-state index in [1.165, 1.54) is 17.6 Å². The number of hydrogen-bond acceptors (Lipinski definition) is 6. The fourth-order valence-electron chi connectivity index (χ4n) is 1.26. The van der Waals surface area contributed by atoms with Gasteiger partial charge in [-0.15, -0.1) is 4.91 Å². The van der Waals surface area contributed by atoms with E-state index < -0.39 is 5.91 Å². The van der Waals surface area contributed by atoms with Gasteiger partial charge in [-0.2, -0.15) is 0 Å². The van der Waals surface area contributed by atoms with E-state index in [2.05, 4.69) is 15.2 Å². The second-order valence-electron chi connectivity index (χ2n) is 3.24. The van der Waals surface area contributed by atoms with E-state index in [1.54, 1.807) is 0 Å². The van der Waals surface area contributed by atoms with Gasteiger partial charge >= 0.3 is 5.91 Å². The Bertz CT molecular complexity index is 627. The molecule has 2 N–H and O–H groups in total. The fourth-order valence-corrected chi connectivity index (χ4v) is 2.07. The van der Waals surface area contributed by atoms with Crippen molar-refractivity contribution < 1.29 is 4.79 Å². The van der Waals surface area contributed by atoms with Crippen molar-refractivity contribution in [2.75, 3.05) is 0 Å². The summed E-state index contributed by atoms with van der Waals surface area (Å²) in [4.78, 5) is 29.3. The third-order valence-corrected chi connectivity index (χ3v) is 3.05. The first-order valence-electron chi connectivity index (χ1n) is 4.94. The Morgan fingerprint density at radius 2 is 2.17 bits per heavy atom. The van der Waals surface area contributed by atoms with Crippen molar-refractivity contribution in [3.05, 3.63) is 40.9 Å². The maximum Gasteiger partial charge on any atom is 0.319 e. The number of rotatable bonds is 3. The lowest BCUT2D eigenvalue weighted by molar-refractivity contribution is -0.114. The maximum absolute atomic E-state index is 11.0. The number of nitroso groups, excluding NO2 is 1. The van der Waals surface area contributed by atoms with Crippen LogP contribution in [0.3, 0.4) is 0 Å². The number of hydrogen-bond donors (Lipinski definition) is 1. The zero-order valence-electron chi connectivity index (χ0n) is 9.11. The van der Waals surface area contributed by atoms with E-state index in [-0.39, 0.29) is 5.57 Å². The third-order valence-electron chi connectivity index (χ3n) is 2.11. The van der Waals surface area contributed by atoms with E-state index in [0.29, 0.717) is 5.13 Å². The van der Waals surface area contributed by atoms with Crippen LogP contribution in [0.25, 0.3) is 10.2 Å². The molecule has 18 heavy (non-hydrogen) atoms. The molecule has 2 rings (SSSR count). The van der Waals surface area contributed by atoms with Crippen LogP contribution in [0.15, 0.2) is 46.2 Å². The van der Waals surface area contributed by atoms with E-state index in [4.69, 9.17) is 5.73 Å². The molecule has 0 saturated carbocycles. The Morgan fingerprint density at radius 1 is 1.39 bits per heavy atom. The van der Waals surface area contributed by atoms with Gasteiger partial charge in [0.25, 0.3) is 0 Å². The number of amides is 1. The zero-order valence-corrected chi connectivity index (χ0v) is 9.92. The van der Waals surface area contributed by atoms with Crippen molar-refractivity contribution in [1.29, 1.82) is 0 Å². The van der Waals surface area contributed by atoms with Gasteiger partial charge in [0.1, 0.15) is 0 Å². The molecule has 2 aromatic rings. The van der Waals surface area contributed by atoms with Gasteiger partial charge in [0.05, 0.1) is 15.8 Å². The van der Waals surface area contributed by atoms with Crippen molar-refractivity contribution in [3.63, 3.8) is 0 Å². The van der Waals surface area contributed by atoms with Crippen LogP contribution >= 0.6 is 11.3 Å². The molecule has 0 aliphatic carbocycles. The van der Waals surface area contributed by atoms with Crippen LogP contribution in [0.4, 0.5) is 5.13 Å². The summed E-state index contributed by atoms with van der Waals surface area (Å²) < 4.78 is 0.989. The lowest BCUT2D eigenvalue weighted by Crippen LogP contribution is -2.01. The molecule has 0 unspecified atom stereocenters. The highest BCUT2D eigenvalue weighted by Gasteiger charge is 2.07. The average Bonchev–Trinajstić information content (AvgIpc) is 2.81. The van der Waals surface area contributed by atoms with Crippen molar-refractivity contribution in [3.8, 4) is 0 Å². The van der Waals surface area contributed by atoms with Gasteiger partial charge in [0.2, 0.25) is 5.13 Å². The quantitative estimate of drug-likeness (QED) is 0.519. The summed E-state index contributed by atoms with van der Waals surface area (Å²) in [6, 6.07) is 7.56. The Balaban J connectivity index is 2.28. The number of nitrogens with two attached hydrogens (primary N) is 1. The summed E-state index contributed by atoms with van der Waals surface area (Å²) in [6.07, 6.45) is 2.17. The van der Waals surface area contributed by atoms with Gasteiger partial charge in [0, 0.05) is 17.6 Å². The number of aliphatic imine (C=N–C) groups is 1. The molecular weight excluding hydrogens is 252 g/mol. The minimum Gasteiger partial charge on any atom is -0.404 e. The summed E-state index contributed by atoms with van der Waals surface area (Å²) in [5.41, 5.74) is 5.96. The van der Waals surface area contributed by atoms with Gasteiger partial charge in [-0.1, -0.05) is 23.5 Å². The molecule has 6 nitrogen and oxygen atoms in total. The van der Waals surface area contributed by atoms with E-state index in [0.717, 1.165) is 16.4 Å². The van der Waals surface area contributed by atoms with Crippen LogP contribution in [-0.2, 0) is 4.79 Å². The second-order valence-corrected chi connectivity index (χ2v) is 4.25.